The second kappa shape index (κ2) is 4.86. The molecule has 0 radical (unpaired) electrons. The predicted octanol–water partition coefficient (Wildman–Crippen LogP) is 1.74. The number of rotatable bonds is 4. The average Bonchev–Trinajstić information content (AvgIpc) is 2.65. The van der Waals surface area contributed by atoms with E-state index in [9.17, 15) is 0 Å². The lowest BCUT2D eigenvalue weighted by Crippen LogP contribution is -2.02. The SMILES string of the molecule is COc1ncccc1NCc1cn(C)nc1C. The number of ether oxygens (including phenoxy) is 1. The van der Waals surface area contributed by atoms with Gasteiger partial charge in [0.2, 0.25) is 5.88 Å². The van der Waals surface area contributed by atoms with Crippen LogP contribution in [0.4, 0.5) is 5.69 Å². The van der Waals surface area contributed by atoms with E-state index in [4.69, 9.17) is 4.74 Å². The van der Waals surface area contributed by atoms with E-state index in [-0.39, 0.29) is 0 Å². The summed E-state index contributed by atoms with van der Waals surface area (Å²) in [6, 6.07) is 3.82. The molecule has 2 rings (SSSR count). The van der Waals surface area contributed by atoms with Crippen molar-refractivity contribution in [2.45, 2.75) is 13.5 Å². The van der Waals surface area contributed by atoms with Gasteiger partial charge < -0.3 is 10.1 Å². The minimum Gasteiger partial charge on any atom is -0.480 e. The third kappa shape index (κ3) is 2.55. The van der Waals surface area contributed by atoms with Crippen LogP contribution in [0.2, 0.25) is 0 Å². The van der Waals surface area contributed by atoms with E-state index in [0.717, 1.165) is 11.4 Å². The molecule has 0 aliphatic carbocycles. The van der Waals surface area contributed by atoms with E-state index in [0.29, 0.717) is 12.4 Å². The molecule has 1 N–H and O–H groups in total. The van der Waals surface area contributed by atoms with Crippen LogP contribution in [0.3, 0.4) is 0 Å². The highest BCUT2D eigenvalue weighted by molar-refractivity contribution is 5.52. The monoisotopic (exact) mass is 232 g/mol. The summed E-state index contributed by atoms with van der Waals surface area (Å²) >= 11 is 0. The van der Waals surface area contributed by atoms with Gasteiger partial charge in [-0.2, -0.15) is 5.10 Å². The number of nitrogens with zero attached hydrogens (tertiary/aromatic N) is 3. The summed E-state index contributed by atoms with van der Waals surface area (Å²) in [7, 11) is 3.53. The van der Waals surface area contributed by atoms with E-state index in [1.165, 1.54) is 5.56 Å². The van der Waals surface area contributed by atoms with Crippen LogP contribution < -0.4 is 10.1 Å². The standard InChI is InChI=1S/C12H16N4O/c1-9-10(8-16(2)15-9)7-14-11-5-4-6-13-12(11)17-3/h4-6,8,14H,7H2,1-3H3. The van der Waals surface area contributed by atoms with Crippen LogP contribution in [0.5, 0.6) is 5.88 Å². The van der Waals surface area contributed by atoms with Gasteiger partial charge in [-0.25, -0.2) is 4.98 Å². The third-order valence-corrected chi connectivity index (χ3v) is 2.55. The Labute approximate surface area is 100 Å². The smallest absolute Gasteiger partial charge is 0.237 e. The fraction of sp³-hybridized carbons (Fsp3) is 0.333. The minimum atomic E-state index is 0.606. The Bertz CT molecular complexity index is 507. The van der Waals surface area contributed by atoms with Crippen molar-refractivity contribution in [3.05, 3.63) is 35.8 Å². The summed E-state index contributed by atoms with van der Waals surface area (Å²) in [5.41, 5.74) is 3.08. The lowest BCUT2D eigenvalue weighted by molar-refractivity contribution is 0.399. The van der Waals surface area contributed by atoms with Crippen molar-refractivity contribution in [1.82, 2.24) is 14.8 Å². The van der Waals surface area contributed by atoms with E-state index in [1.54, 1.807) is 13.3 Å². The molecule has 0 saturated heterocycles. The summed E-state index contributed by atoms with van der Waals surface area (Å²) in [6.07, 6.45) is 3.71. The van der Waals surface area contributed by atoms with Gasteiger partial charge in [0.1, 0.15) is 0 Å². The lowest BCUT2D eigenvalue weighted by Gasteiger charge is -2.08. The Morgan fingerprint density at radius 2 is 2.29 bits per heavy atom. The van der Waals surface area contributed by atoms with Crippen LogP contribution in [0.15, 0.2) is 24.5 Å². The number of hydrogen-bond donors (Lipinski definition) is 1. The molecule has 90 valence electrons. The molecule has 0 aliphatic heterocycles. The second-order valence-corrected chi connectivity index (χ2v) is 3.83. The topological polar surface area (TPSA) is 52.0 Å². The van der Waals surface area contributed by atoms with Gasteiger partial charge in [0.25, 0.3) is 0 Å². The van der Waals surface area contributed by atoms with Crippen molar-refractivity contribution < 1.29 is 4.74 Å². The van der Waals surface area contributed by atoms with Crippen LogP contribution >= 0.6 is 0 Å². The zero-order chi connectivity index (χ0) is 12.3. The second-order valence-electron chi connectivity index (χ2n) is 3.83. The van der Waals surface area contributed by atoms with Gasteiger partial charge >= 0.3 is 0 Å². The van der Waals surface area contributed by atoms with E-state index in [1.807, 2.05) is 37.0 Å². The number of nitrogens with one attached hydrogen (secondary N) is 1. The van der Waals surface area contributed by atoms with Gasteiger partial charge in [-0.3, -0.25) is 4.68 Å². The molecule has 0 fully saturated rings. The fourth-order valence-corrected chi connectivity index (χ4v) is 1.70. The zero-order valence-corrected chi connectivity index (χ0v) is 10.3. The first-order valence-electron chi connectivity index (χ1n) is 5.42. The van der Waals surface area contributed by atoms with Crippen molar-refractivity contribution >= 4 is 5.69 Å². The Balaban J connectivity index is 2.09. The number of aromatic nitrogens is 3. The summed E-state index contributed by atoms with van der Waals surface area (Å²) in [4.78, 5) is 4.13. The zero-order valence-electron chi connectivity index (χ0n) is 10.3. The molecule has 17 heavy (non-hydrogen) atoms. The molecule has 2 heterocycles. The highest BCUT2D eigenvalue weighted by Gasteiger charge is 2.05. The molecule has 5 nitrogen and oxygen atoms in total. The maximum atomic E-state index is 5.17. The van der Waals surface area contributed by atoms with Crippen molar-refractivity contribution in [3.8, 4) is 5.88 Å². The first kappa shape index (κ1) is 11.4. The largest absolute Gasteiger partial charge is 0.480 e. The number of pyridine rings is 1. The van der Waals surface area contributed by atoms with Gasteiger partial charge in [-0.1, -0.05) is 0 Å². The van der Waals surface area contributed by atoms with Gasteiger partial charge in [-0.05, 0) is 19.1 Å². The van der Waals surface area contributed by atoms with Crippen molar-refractivity contribution in [2.24, 2.45) is 7.05 Å². The van der Waals surface area contributed by atoms with Crippen LogP contribution in [0.25, 0.3) is 0 Å². The van der Waals surface area contributed by atoms with E-state index >= 15 is 0 Å². The molecule has 0 atom stereocenters. The van der Waals surface area contributed by atoms with Gasteiger partial charge in [0.15, 0.2) is 0 Å². The van der Waals surface area contributed by atoms with Crippen molar-refractivity contribution in [3.63, 3.8) is 0 Å². The van der Waals surface area contributed by atoms with Crippen molar-refractivity contribution in [2.75, 3.05) is 12.4 Å². The molecule has 0 aliphatic rings. The summed E-state index contributed by atoms with van der Waals surface area (Å²) < 4.78 is 6.99. The third-order valence-electron chi connectivity index (χ3n) is 2.55. The van der Waals surface area contributed by atoms with Crippen LogP contribution in [0, 0.1) is 6.92 Å². The molecular formula is C12H16N4O. The molecule has 0 saturated carbocycles. The molecule has 0 aromatic carbocycles. The quantitative estimate of drug-likeness (QED) is 0.872. The first-order chi connectivity index (χ1) is 8.20. The van der Waals surface area contributed by atoms with Crippen molar-refractivity contribution in [1.29, 1.82) is 0 Å². The lowest BCUT2D eigenvalue weighted by atomic mass is 10.2. The van der Waals surface area contributed by atoms with Gasteiger partial charge in [0.05, 0.1) is 18.5 Å². The summed E-state index contributed by atoms with van der Waals surface area (Å²) in [5.74, 6) is 0.606. The highest BCUT2D eigenvalue weighted by atomic mass is 16.5. The molecule has 0 amide bonds. The average molecular weight is 232 g/mol. The number of hydrogen-bond acceptors (Lipinski definition) is 4. The molecule has 0 bridgehead atoms. The molecule has 5 heteroatoms. The predicted molar refractivity (Wildman–Crippen MR) is 66.1 cm³/mol. The Morgan fingerprint density at radius 1 is 1.47 bits per heavy atom. The maximum absolute atomic E-state index is 5.17. The molecular weight excluding hydrogens is 216 g/mol. The Kier molecular flexibility index (Phi) is 3.27. The van der Waals surface area contributed by atoms with E-state index < -0.39 is 0 Å². The number of anilines is 1. The molecule has 0 unspecified atom stereocenters. The van der Waals surface area contributed by atoms with Crippen LogP contribution in [-0.4, -0.2) is 21.9 Å². The number of methoxy groups -OCH3 is 1. The van der Waals surface area contributed by atoms with Gasteiger partial charge in [-0.15, -0.1) is 0 Å². The van der Waals surface area contributed by atoms with Crippen LogP contribution in [-0.2, 0) is 13.6 Å². The normalized spacial score (nSPS) is 10.3. The fourth-order valence-electron chi connectivity index (χ4n) is 1.70. The minimum absolute atomic E-state index is 0.606. The summed E-state index contributed by atoms with van der Waals surface area (Å²) in [6.45, 7) is 2.71. The Morgan fingerprint density at radius 3 is 2.94 bits per heavy atom. The first-order valence-corrected chi connectivity index (χ1v) is 5.42. The van der Waals surface area contributed by atoms with E-state index in [2.05, 4.69) is 15.4 Å². The maximum Gasteiger partial charge on any atom is 0.237 e. The van der Waals surface area contributed by atoms with Crippen LogP contribution in [0.1, 0.15) is 11.3 Å². The molecule has 0 spiro atoms. The Hall–Kier alpha value is -2.04. The highest BCUT2D eigenvalue weighted by Crippen LogP contribution is 2.20. The molecule has 2 aromatic rings. The molecule has 2 aromatic heterocycles. The summed E-state index contributed by atoms with van der Waals surface area (Å²) in [5, 5.41) is 7.59. The number of aryl methyl sites for hydroxylation is 2. The van der Waals surface area contributed by atoms with Gasteiger partial charge in [0, 0.05) is 31.5 Å².